The highest BCUT2D eigenvalue weighted by Crippen LogP contribution is 2.23. The molecular weight excluding hydrogens is 331 g/mol. The fourth-order valence-corrected chi connectivity index (χ4v) is 2.10. The molecule has 1 aromatic carbocycles. The van der Waals surface area contributed by atoms with Gasteiger partial charge >= 0.3 is 12.0 Å². The third-order valence-electron chi connectivity index (χ3n) is 2.70. The number of rotatable bonds is 5. The molecule has 2 amide bonds. The summed E-state index contributed by atoms with van der Waals surface area (Å²) in [5, 5.41) is 13.7. The summed E-state index contributed by atoms with van der Waals surface area (Å²) >= 11 is 3.05. The number of aliphatic carboxylic acids is 1. The summed E-state index contributed by atoms with van der Waals surface area (Å²) in [5.41, 5.74) is 0.958. The largest absolute Gasteiger partial charge is 0.480 e. The average molecular weight is 347 g/mol. The molecule has 0 aromatic heterocycles. The zero-order chi connectivity index (χ0) is 15.3. The number of hydrogen-bond donors (Lipinski definition) is 3. The van der Waals surface area contributed by atoms with E-state index in [1.807, 2.05) is 6.92 Å². The van der Waals surface area contributed by atoms with Gasteiger partial charge in [0.25, 0.3) is 0 Å². The summed E-state index contributed by atoms with van der Waals surface area (Å²) in [6.07, 6.45) is 0.958. The Kier molecular flexibility index (Phi) is 5.94. The van der Waals surface area contributed by atoms with Crippen LogP contribution in [0.3, 0.4) is 0 Å². The lowest BCUT2D eigenvalue weighted by Crippen LogP contribution is -2.43. The first-order valence-electron chi connectivity index (χ1n) is 6.11. The number of halogens is 2. The van der Waals surface area contributed by atoms with E-state index in [1.165, 1.54) is 12.1 Å². The topological polar surface area (TPSA) is 78.4 Å². The van der Waals surface area contributed by atoms with Gasteiger partial charge in [-0.2, -0.15) is 0 Å². The molecule has 0 bridgehead atoms. The van der Waals surface area contributed by atoms with Gasteiger partial charge in [-0.05, 0) is 47.0 Å². The predicted octanol–water partition coefficient (Wildman–Crippen LogP) is 3.27. The maximum atomic E-state index is 13.4. The third-order valence-corrected chi connectivity index (χ3v) is 3.30. The Bertz CT molecular complexity index is 523. The Hall–Kier alpha value is -1.63. The molecule has 1 unspecified atom stereocenters. The van der Waals surface area contributed by atoms with E-state index in [0.717, 1.165) is 0 Å². The fourth-order valence-electron chi connectivity index (χ4n) is 1.64. The minimum Gasteiger partial charge on any atom is -0.480 e. The minimum absolute atomic E-state index is 0.295. The molecule has 1 rings (SSSR count). The van der Waals surface area contributed by atoms with Crippen molar-refractivity contribution in [3.8, 4) is 0 Å². The van der Waals surface area contributed by atoms with Crippen LogP contribution >= 0.6 is 15.9 Å². The van der Waals surface area contributed by atoms with Crippen molar-refractivity contribution in [2.24, 2.45) is 0 Å². The smallest absolute Gasteiger partial charge is 0.326 e. The van der Waals surface area contributed by atoms with Crippen molar-refractivity contribution in [1.29, 1.82) is 0 Å². The van der Waals surface area contributed by atoms with Gasteiger partial charge in [-0.1, -0.05) is 13.3 Å². The van der Waals surface area contributed by atoms with Crippen LogP contribution in [0.25, 0.3) is 0 Å². The van der Waals surface area contributed by atoms with E-state index in [0.29, 0.717) is 28.6 Å². The molecule has 110 valence electrons. The van der Waals surface area contributed by atoms with Crippen LogP contribution < -0.4 is 10.6 Å². The van der Waals surface area contributed by atoms with Crippen LogP contribution in [0.2, 0.25) is 0 Å². The number of carboxylic acid groups (broad SMARTS) is 1. The van der Waals surface area contributed by atoms with Crippen LogP contribution in [-0.2, 0) is 4.79 Å². The summed E-state index contributed by atoms with van der Waals surface area (Å²) < 4.78 is 13.7. The summed E-state index contributed by atoms with van der Waals surface area (Å²) in [6, 6.07) is 1.08. The van der Waals surface area contributed by atoms with Crippen molar-refractivity contribution in [2.45, 2.75) is 32.7 Å². The zero-order valence-electron chi connectivity index (χ0n) is 11.2. The SMILES string of the molecule is CCCC(NC(=O)Nc1cc(F)c(Br)cc1C)C(=O)O. The third kappa shape index (κ3) is 4.48. The van der Waals surface area contributed by atoms with Gasteiger partial charge in [0, 0.05) is 5.69 Å². The molecule has 0 saturated carbocycles. The molecule has 5 nitrogen and oxygen atoms in total. The van der Waals surface area contributed by atoms with Crippen molar-refractivity contribution < 1.29 is 19.1 Å². The highest BCUT2D eigenvalue weighted by Gasteiger charge is 2.19. The molecule has 7 heteroatoms. The van der Waals surface area contributed by atoms with E-state index in [-0.39, 0.29) is 0 Å². The number of urea groups is 1. The average Bonchev–Trinajstić information content (AvgIpc) is 2.35. The molecule has 0 aliphatic carbocycles. The molecule has 1 atom stereocenters. The van der Waals surface area contributed by atoms with Crippen LogP contribution in [0.4, 0.5) is 14.9 Å². The Labute approximate surface area is 124 Å². The van der Waals surface area contributed by atoms with E-state index in [4.69, 9.17) is 5.11 Å². The van der Waals surface area contributed by atoms with Crippen molar-refractivity contribution in [2.75, 3.05) is 5.32 Å². The quantitative estimate of drug-likeness (QED) is 0.765. The van der Waals surface area contributed by atoms with Crippen LogP contribution in [0.1, 0.15) is 25.3 Å². The minimum atomic E-state index is -1.10. The van der Waals surface area contributed by atoms with E-state index in [1.54, 1.807) is 6.92 Å². The molecule has 0 heterocycles. The molecule has 0 radical (unpaired) electrons. The van der Waals surface area contributed by atoms with Crippen molar-refractivity contribution in [1.82, 2.24) is 5.32 Å². The summed E-state index contributed by atoms with van der Waals surface area (Å²) in [4.78, 5) is 22.7. The Morgan fingerprint density at radius 3 is 2.65 bits per heavy atom. The second-order valence-corrected chi connectivity index (χ2v) is 5.21. The lowest BCUT2D eigenvalue weighted by molar-refractivity contribution is -0.139. The number of aryl methyl sites for hydroxylation is 1. The number of hydrogen-bond acceptors (Lipinski definition) is 2. The molecule has 0 saturated heterocycles. The normalized spacial score (nSPS) is 11.8. The molecule has 1 aromatic rings. The van der Waals surface area contributed by atoms with Crippen LogP contribution in [-0.4, -0.2) is 23.1 Å². The summed E-state index contributed by atoms with van der Waals surface area (Å²) in [5.74, 6) is -1.60. The van der Waals surface area contributed by atoms with Crippen LogP contribution in [0.15, 0.2) is 16.6 Å². The first-order valence-corrected chi connectivity index (χ1v) is 6.90. The molecule has 0 aliphatic rings. The molecule has 0 spiro atoms. The maximum Gasteiger partial charge on any atom is 0.326 e. The number of anilines is 1. The van der Waals surface area contributed by atoms with E-state index < -0.39 is 23.9 Å². The standard InChI is InChI=1S/C13H16BrFN2O3/c1-3-4-10(12(18)19)16-13(20)17-11-6-9(15)8(14)5-7(11)2/h5-6,10H,3-4H2,1-2H3,(H,18,19)(H2,16,17,20). The Balaban J connectivity index is 2.75. The zero-order valence-corrected chi connectivity index (χ0v) is 12.8. The number of nitrogens with one attached hydrogen (secondary N) is 2. The van der Waals surface area contributed by atoms with Gasteiger partial charge in [0.15, 0.2) is 0 Å². The van der Waals surface area contributed by atoms with Gasteiger partial charge in [0.05, 0.1) is 4.47 Å². The van der Waals surface area contributed by atoms with E-state index in [2.05, 4.69) is 26.6 Å². The summed E-state index contributed by atoms with van der Waals surface area (Å²) in [7, 11) is 0. The van der Waals surface area contributed by atoms with Crippen molar-refractivity contribution in [3.63, 3.8) is 0 Å². The monoisotopic (exact) mass is 346 g/mol. The number of carboxylic acids is 1. The molecular formula is C13H16BrFN2O3. The Morgan fingerprint density at radius 2 is 2.10 bits per heavy atom. The molecule has 0 aliphatic heterocycles. The van der Waals surface area contributed by atoms with Gasteiger partial charge in [-0.3, -0.25) is 0 Å². The van der Waals surface area contributed by atoms with Gasteiger partial charge in [0.2, 0.25) is 0 Å². The number of carbonyl (C=O) groups excluding carboxylic acids is 1. The number of benzene rings is 1. The van der Waals surface area contributed by atoms with Crippen LogP contribution in [0.5, 0.6) is 0 Å². The predicted molar refractivity (Wildman–Crippen MR) is 77.3 cm³/mol. The maximum absolute atomic E-state index is 13.4. The summed E-state index contributed by atoms with van der Waals surface area (Å²) in [6.45, 7) is 3.53. The molecule has 3 N–H and O–H groups in total. The second-order valence-electron chi connectivity index (χ2n) is 4.36. The van der Waals surface area contributed by atoms with Crippen LogP contribution in [0, 0.1) is 12.7 Å². The highest BCUT2D eigenvalue weighted by molar-refractivity contribution is 9.10. The highest BCUT2D eigenvalue weighted by atomic mass is 79.9. The van der Waals surface area contributed by atoms with Crippen molar-refractivity contribution in [3.05, 3.63) is 28.0 Å². The lowest BCUT2D eigenvalue weighted by atomic mass is 10.1. The number of amides is 2. The van der Waals surface area contributed by atoms with Gasteiger partial charge < -0.3 is 15.7 Å². The lowest BCUT2D eigenvalue weighted by Gasteiger charge is -2.15. The van der Waals surface area contributed by atoms with E-state index >= 15 is 0 Å². The fraction of sp³-hybridized carbons (Fsp3) is 0.385. The van der Waals surface area contributed by atoms with Crippen molar-refractivity contribution >= 4 is 33.6 Å². The van der Waals surface area contributed by atoms with E-state index in [9.17, 15) is 14.0 Å². The van der Waals surface area contributed by atoms with Gasteiger partial charge in [0.1, 0.15) is 11.9 Å². The van der Waals surface area contributed by atoms with Gasteiger partial charge in [-0.25, -0.2) is 14.0 Å². The molecule has 20 heavy (non-hydrogen) atoms. The second kappa shape index (κ2) is 7.23. The Morgan fingerprint density at radius 1 is 1.45 bits per heavy atom. The van der Waals surface area contributed by atoms with Gasteiger partial charge in [-0.15, -0.1) is 0 Å². The first-order chi connectivity index (χ1) is 9.35. The first kappa shape index (κ1) is 16.4. The molecule has 0 fully saturated rings. The number of carbonyl (C=O) groups is 2.